The zero-order chi connectivity index (χ0) is 13.8. The highest BCUT2D eigenvalue weighted by Crippen LogP contribution is 2.26. The first-order valence-electron chi connectivity index (χ1n) is 6.38. The smallest absolute Gasteiger partial charge is 0.119 e. The molecule has 0 aliphatic heterocycles. The molecule has 0 saturated heterocycles. The monoisotopic (exact) mass is 257 g/mol. The molecule has 0 aliphatic rings. The molecule has 0 bridgehead atoms. The van der Waals surface area contributed by atoms with Crippen LogP contribution in [-0.2, 0) is 0 Å². The van der Waals surface area contributed by atoms with Crippen molar-refractivity contribution in [2.24, 2.45) is 0 Å². The summed E-state index contributed by atoms with van der Waals surface area (Å²) in [5.74, 6) is 0.812. The highest BCUT2D eigenvalue weighted by atomic mass is 16.5. The Morgan fingerprint density at radius 3 is 2.32 bits per heavy atom. The molecule has 3 N–H and O–H groups in total. The van der Waals surface area contributed by atoms with Crippen molar-refractivity contribution in [1.29, 1.82) is 0 Å². The average Bonchev–Trinajstić information content (AvgIpc) is 2.42. The van der Waals surface area contributed by atoms with Gasteiger partial charge < -0.3 is 15.6 Å². The lowest BCUT2D eigenvalue weighted by Gasteiger charge is -2.13. The minimum Gasteiger partial charge on any atom is -0.494 e. The Hall–Kier alpha value is -2.00. The predicted molar refractivity (Wildman–Crippen MR) is 77.3 cm³/mol. The number of aliphatic hydroxyl groups excluding tert-OH is 1. The van der Waals surface area contributed by atoms with Crippen molar-refractivity contribution < 1.29 is 9.84 Å². The number of aryl methyl sites for hydroxylation is 1. The molecule has 0 heterocycles. The van der Waals surface area contributed by atoms with Gasteiger partial charge >= 0.3 is 0 Å². The SMILES string of the molecule is CCOc1ccc([C@@H](O)c2ccc(N)c(C)c2)cc1. The number of hydrogen-bond acceptors (Lipinski definition) is 3. The van der Waals surface area contributed by atoms with Gasteiger partial charge in [0.2, 0.25) is 0 Å². The normalized spacial score (nSPS) is 12.2. The lowest BCUT2D eigenvalue weighted by Crippen LogP contribution is -2.01. The van der Waals surface area contributed by atoms with Crippen LogP contribution in [0.25, 0.3) is 0 Å². The molecule has 2 aromatic carbocycles. The van der Waals surface area contributed by atoms with Crippen LogP contribution in [-0.4, -0.2) is 11.7 Å². The maximum absolute atomic E-state index is 10.3. The van der Waals surface area contributed by atoms with Gasteiger partial charge in [0.15, 0.2) is 0 Å². The van der Waals surface area contributed by atoms with Gasteiger partial charge in [-0.3, -0.25) is 0 Å². The molecule has 0 radical (unpaired) electrons. The Kier molecular flexibility index (Phi) is 4.07. The fourth-order valence-electron chi connectivity index (χ4n) is 1.97. The van der Waals surface area contributed by atoms with E-state index < -0.39 is 6.10 Å². The summed E-state index contributed by atoms with van der Waals surface area (Å²) >= 11 is 0. The summed E-state index contributed by atoms with van der Waals surface area (Å²) < 4.78 is 5.38. The highest BCUT2D eigenvalue weighted by molar-refractivity contribution is 5.49. The van der Waals surface area contributed by atoms with Crippen LogP contribution in [0.15, 0.2) is 42.5 Å². The van der Waals surface area contributed by atoms with Crippen LogP contribution in [0.2, 0.25) is 0 Å². The van der Waals surface area contributed by atoms with Gasteiger partial charge in [0.1, 0.15) is 11.9 Å². The number of anilines is 1. The van der Waals surface area contributed by atoms with Crippen molar-refractivity contribution in [1.82, 2.24) is 0 Å². The maximum Gasteiger partial charge on any atom is 0.119 e. The summed E-state index contributed by atoms with van der Waals surface area (Å²) in [5, 5.41) is 10.3. The molecular weight excluding hydrogens is 238 g/mol. The second-order valence-corrected chi connectivity index (χ2v) is 4.52. The van der Waals surface area contributed by atoms with Gasteiger partial charge in [0.05, 0.1) is 6.61 Å². The van der Waals surface area contributed by atoms with Crippen LogP contribution in [0.3, 0.4) is 0 Å². The largest absolute Gasteiger partial charge is 0.494 e. The summed E-state index contributed by atoms with van der Waals surface area (Å²) in [6.45, 7) is 4.52. The van der Waals surface area contributed by atoms with Gasteiger partial charge in [0.25, 0.3) is 0 Å². The van der Waals surface area contributed by atoms with Crippen molar-refractivity contribution in [3.05, 3.63) is 59.2 Å². The maximum atomic E-state index is 10.3. The van der Waals surface area contributed by atoms with E-state index in [0.717, 1.165) is 28.1 Å². The molecule has 2 rings (SSSR count). The Morgan fingerprint density at radius 2 is 1.74 bits per heavy atom. The average molecular weight is 257 g/mol. The van der Waals surface area contributed by atoms with Gasteiger partial charge in [-0.05, 0) is 48.7 Å². The fourth-order valence-corrected chi connectivity index (χ4v) is 1.97. The molecule has 100 valence electrons. The van der Waals surface area contributed by atoms with Gasteiger partial charge in [-0.15, -0.1) is 0 Å². The van der Waals surface area contributed by atoms with Crippen LogP contribution in [0.5, 0.6) is 5.75 Å². The molecule has 0 spiro atoms. The minimum absolute atomic E-state index is 0.638. The summed E-state index contributed by atoms with van der Waals surface area (Å²) in [6, 6.07) is 13.1. The topological polar surface area (TPSA) is 55.5 Å². The van der Waals surface area contributed by atoms with Crippen molar-refractivity contribution in [3.8, 4) is 5.75 Å². The molecule has 1 atom stereocenters. The lowest BCUT2D eigenvalue weighted by molar-refractivity contribution is 0.220. The molecule has 0 saturated carbocycles. The number of ether oxygens (including phenoxy) is 1. The van der Waals surface area contributed by atoms with Crippen molar-refractivity contribution in [3.63, 3.8) is 0 Å². The van der Waals surface area contributed by atoms with E-state index in [1.54, 1.807) is 0 Å². The number of aliphatic hydroxyl groups is 1. The zero-order valence-corrected chi connectivity index (χ0v) is 11.3. The summed E-state index contributed by atoms with van der Waals surface area (Å²) in [7, 11) is 0. The van der Waals surface area contributed by atoms with Crippen LogP contribution < -0.4 is 10.5 Å². The molecule has 19 heavy (non-hydrogen) atoms. The summed E-state index contributed by atoms with van der Waals surface area (Å²) in [6.07, 6.45) is -0.644. The van der Waals surface area contributed by atoms with E-state index in [4.69, 9.17) is 10.5 Å². The first kappa shape index (κ1) is 13.4. The second-order valence-electron chi connectivity index (χ2n) is 4.52. The first-order valence-corrected chi connectivity index (χ1v) is 6.38. The molecule has 0 amide bonds. The number of benzene rings is 2. The van der Waals surface area contributed by atoms with Crippen molar-refractivity contribution in [2.45, 2.75) is 20.0 Å². The molecule has 0 unspecified atom stereocenters. The van der Waals surface area contributed by atoms with Crippen molar-refractivity contribution in [2.75, 3.05) is 12.3 Å². The van der Waals surface area contributed by atoms with E-state index in [-0.39, 0.29) is 0 Å². The minimum atomic E-state index is -0.644. The van der Waals surface area contributed by atoms with E-state index in [2.05, 4.69) is 0 Å². The number of hydrogen-bond donors (Lipinski definition) is 2. The van der Waals surface area contributed by atoms with Crippen LogP contribution in [0.1, 0.15) is 29.7 Å². The van der Waals surface area contributed by atoms with Gasteiger partial charge in [-0.25, -0.2) is 0 Å². The Bertz CT molecular complexity index is 549. The standard InChI is InChI=1S/C16H19NO2/c1-3-19-14-7-4-12(5-8-14)16(18)13-6-9-15(17)11(2)10-13/h4-10,16,18H,3,17H2,1-2H3/t16-/m1/s1. The van der Waals surface area contributed by atoms with E-state index >= 15 is 0 Å². The molecule has 0 aliphatic carbocycles. The third kappa shape index (κ3) is 3.06. The molecule has 2 aromatic rings. The summed E-state index contributed by atoms with van der Waals surface area (Å²) in [4.78, 5) is 0. The molecular formula is C16H19NO2. The predicted octanol–water partition coefficient (Wildman–Crippen LogP) is 3.06. The molecule has 0 fully saturated rings. The zero-order valence-electron chi connectivity index (χ0n) is 11.3. The molecule has 0 aromatic heterocycles. The van der Waals surface area contributed by atoms with Crippen LogP contribution >= 0.6 is 0 Å². The Morgan fingerprint density at radius 1 is 1.11 bits per heavy atom. The lowest BCUT2D eigenvalue weighted by atomic mass is 9.99. The number of nitrogens with two attached hydrogens (primary N) is 1. The first-order chi connectivity index (χ1) is 9.11. The van der Waals surface area contributed by atoms with Gasteiger partial charge in [-0.2, -0.15) is 0 Å². The second kappa shape index (κ2) is 5.76. The van der Waals surface area contributed by atoms with Gasteiger partial charge in [-0.1, -0.05) is 24.3 Å². The van der Waals surface area contributed by atoms with E-state index in [1.165, 1.54) is 0 Å². The quantitative estimate of drug-likeness (QED) is 0.828. The number of rotatable bonds is 4. The number of nitrogen functional groups attached to an aromatic ring is 1. The highest BCUT2D eigenvalue weighted by Gasteiger charge is 2.11. The van der Waals surface area contributed by atoms with Gasteiger partial charge in [0, 0.05) is 5.69 Å². The fraction of sp³-hybridized carbons (Fsp3) is 0.250. The Labute approximate surface area is 113 Å². The molecule has 3 heteroatoms. The van der Waals surface area contributed by atoms with Crippen LogP contribution in [0.4, 0.5) is 5.69 Å². The van der Waals surface area contributed by atoms with Crippen LogP contribution in [0, 0.1) is 6.92 Å². The third-order valence-corrected chi connectivity index (χ3v) is 3.12. The van der Waals surface area contributed by atoms with Crippen molar-refractivity contribution >= 4 is 5.69 Å². The van der Waals surface area contributed by atoms with E-state index in [0.29, 0.717) is 6.61 Å². The Balaban J connectivity index is 2.22. The summed E-state index contributed by atoms with van der Waals surface area (Å²) in [5.41, 5.74) is 9.18. The third-order valence-electron chi connectivity index (χ3n) is 3.12. The van der Waals surface area contributed by atoms with E-state index in [9.17, 15) is 5.11 Å². The molecule has 3 nitrogen and oxygen atoms in total. The van der Waals surface area contributed by atoms with E-state index in [1.807, 2.05) is 56.3 Å².